The average molecular weight is 248 g/mol. The number of nitrogens with one attached hydrogen (secondary N) is 1. The predicted molar refractivity (Wildman–Crippen MR) is 67.3 cm³/mol. The van der Waals surface area contributed by atoms with Gasteiger partial charge < -0.3 is 19.7 Å². The summed E-state index contributed by atoms with van der Waals surface area (Å²) in [7, 11) is 1.38. The van der Waals surface area contributed by atoms with Crippen LogP contribution in [0, 0.1) is 0 Å². The van der Waals surface area contributed by atoms with Gasteiger partial charge in [-0.2, -0.15) is 0 Å². The number of rotatable bonds is 1. The summed E-state index contributed by atoms with van der Waals surface area (Å²) in [6, 6.07) is 5.88. The number of fused-ring (bicyclic) bond motifs is 3. The lowest BCUT2D eigenvalue weighted by Gasteiger charge is -2.41. The molecule has 18 heavy (non-hydrogen) atoms. The molecule has 0 spiro atoms. The van der Waals surface area contributed by atoms with Crippen LogP contribution in [0.5, 0.6) is 5.75 Å². The van der Waals surface area contributed by atoms with Crippen molar-refractivity contribution in [1.29, 1.82) is 0 Å². The van der Waals surface area contributed by atoms with E-state index in [9.17, 15) is 4.79 Å². The second-order valence-electron chi connectivity index (χ2n) is 4.54. The Bertz CT molecular complexity index is 475. The van der Waals surface area contributed by atoms with Crippen LogP contribution in [-0.2, 0) is 4.74 Å². The van der Waals surface area contributed by atoms with E-state index in [1.54, 1.807) is 12.1 Å². The van der Waals surface area contributed by atoms with Gasteiger partial charge in [0, 0.05) is 19.6 Å². The van der Waals surface area contributed by atoms with Crippen LogP contribution in [0.3, 0.4) is 0 Å². The van der Waals surface area contributed by atoms with E-state index >= 15 is 0 Å². The third kappa shape index (κ3) is 1.80. The summed E-state index contributed by atoms with van der Waals surface area (Å²) in [4.78, 5) is 13.8. The van der Waals surface area contributed by atoms with E-state index in [1.807, 2.05) is 6.07 Å². The van der Waals surface area contributed by atoms with E-state index in [-0.39, 0.29) is 5.97 Å². The highest BCUT2D eigenvalue weighted by atomic mass is 16.5. The standard InChI is InChI=1S/C13H16N2O3/c1-17-13(16)9-2-3-11-12(6-9)18-8-10-7-14-4-5-15(10)11/h2-3,6,10,14H,4-5,7-8H2,1H3/t10-/m1/s1. The van der Waals surface area contributed by atoms with Crippen LogP contribution in [0.1, 0.15) is 10.4 Å². The molecule has 1 saturated heterocycles. The minimum atomic E-state index is -0.330. The third-order valence-electron chi connectivity index (χ3n) is 3.47. The number of anilines is 1. The van der Waals surface area contributed by atoms with Crippen molar-refractivity contribution in [3.8, 4) is 5.75 Å². The number of methoxy groups -OCH3 is 1. The van der Waals surface area contributed by atoms with Crippen LogP contribution >= 0.6 is 0 Å². The van der Waals surface area contributed by atoms with Crippen LogP contribution in [0.15, 0.2) is 18.2 Å². The number of esters is 1. The molecule has 1 N–H and O–H groups in total. The average Bonchev–Trinajstić information content (AvgIpc) is 2.45. The SMILES string of the molecule is COC(=O)c1ccc2c(c1)OC[C@H]1CNCCN21. The summed E-state index contributed by atoms with van der Waals surface area (Å²) in [5, 5.41) is 3.36. The molecule has 0 aliphatic carbocycles. The molecule has 1 aromatic carbocycles. The lowest BCUT2D eigenvalue weighted by atomic mass is 10.1. The van der Waals surface area contributed by atoms with Crippen molar-refractivity contribution in [2.24, 2.45) is 0 Å². The molecule has 1 aromatic rings. The first-order chi connectivity index (χ1) is 8.79. The van der Waals surface area contributed by atoms with Gasteiger partial charge >= 0.3 is 5.97 Å². The van der Waals surface area contributed by atoms with Crippen molar-refractivity contribution in [3.63, 3.8) is 0 Å². The summed E-state index contributed by atoms with van der Waals surface area (Å²) in [5.74, 6) is 0.444. The van der Waals surface area contributed by atoms with Crippen molar-refractivity contribution in [1.82, 2.24) is 5.32 Å². The molecule has 96 valence electrons. The van der Waals surface area contributed by atoms with Gasteiger partial charge in [-0.15, -0.1) is 0 Å². The third-order valence-corrected chi connectivity index (χ3v) is 3.47. The molecule has 0 aromatic heterocycles. The molecule has 5 nitrogen and oxygen atoms in total. The maximum atomic E-state index is 11.5. The zero-order chi connectivity index (χ0) is 12.5. The number of ether oxygens (including phenoxy) is 2. The number of hydrogen-bond donors (Lipinski definition) is 1. The van der Waals surface area contributed by atoms with Crippen molar-refractivity contribution in [3.05, 3.63) is 23.8 Å². The fourth-order valence-electron chi connectivity index (χ4n) is 2.52. The Balaban J connectivity index is 1.93. The lowest BCUT2D eigenvalue weighted by Crippen LogP contribution is -2.55. The minimum absolute atomic E-state index is 0.330. The van der Waals surface area contributed by atoms with E-state index in [0.717, 1.165) is 31.1 Å². The molecule has 1 fully saturated rings. The molecule has 0 radical (unpaired) electrons. The second-order valence-corrected chi connectivity index (χ2v) is 4.54. The van der Waals surface area contributed by atoms with Crippen LogP contribution in [-0.4, -0.2) is 45.4 Å². The van der Waals surface area contributed by atoms with Crippen LogP contribution in [0.4, 0.5) is 5.69 Å². The van der Waals surface area contributed by atoms with Crippen molar-refractivity contribution in [2.75, 3.05) is 38.3 Å². The molecule has 2 heterocycles. The van der Waals surface area contributed by atoms with Gasteiger partial charge in [-0.25, -0.2) is 4.79 Å². The molecule has 0 unspecified atom stereocenters. The molecule has 1 atom stereocenters. The summed E-state index contributed by atoms with van der Waals surface area (Å²) in [6.07, 6.45) is 0. The van der Waals surface area contributed by atoms with Crippen molar-refractivity contribution < 1.29 is 14.3 Å². The summed E-state index contributed by atoms with van der Waals surface area (Å²) in [6.45, 7) is 3.55. The maximum absolute atomic E-state index is 11.5. The van der Waals surface area contributed by atoms with E-state index < -0.39 is 0 Å². The molecule has 5 heteroatoms. The zero-order valence-electron chi connectivity index (χ0n) is 10.3. The topological polar surface area (TPSA) is 50.8 Å². The fraction of sp³-hybridized carbons (Fsp3) is 0.462. The minimum Gasteiger partial charge on any atom is -0.489 e. The predicted octanol–water partition coefficient (Wildman–Crippen LogP) is 0.644. The first-order valence-corrected chi connectivity index (χ1v) is 6.12. The van der Waals surface area contributed by atoms with Gasteiger partial charge in [0.2, 0.25) is 0 Å². The molecular formula is C13H16N2O3. The highest BCUT2D eigenvalue weighted by Crippen LogP contribution is 2.35. The molecule has 3 rings (SSSR count). The molecule has 2 aliphatic rings. The van der Waals surface area contributed by atoms with Gasteiger partial charge in [-0.1, -0.05) is 0 Å². The normalized spacial score (nSPS) is 21.6. The van der Waals surface area contributed by atoms with E-state index in [1.165, 1.54) is 7.11 Å². The number of nitrogens with zero attached hydrogens (tertiary/aromatic N) is 1. The monoisotopic (exact) mass is 248 g/mol. The Morgan fingerprint density at radius 1 is 1.56 bits per heavy atom. The van der Waals surface area contributed by atoms with E-state index in [4.69, 9.17) is 9.47 Å². The van der Waals surface area contributed by atoms with Gasteiger partial charge in [0.15, 0.2) is 0 Å². The lowest BCUT2D eigenvalue weighted by molar-refractivity contribution is 0.0600. The molecule has 0 bridgehead atoms. The summed E-state index contributed by atoms with van der Waals surface area (Å²) in [5.41, 5.74) is 1.60. The molecular weight excluding hydrogens is 232 g/mol. The highest BCUT2D eigenvalue weighted by molar-refractivity contribution is 5.90. The first kappa shape index (κ1) is 11.3. The zero-order valence-corrected chi connectivity index (χ0v) is 10.3. The first-order valence-electron chi connectivity index (χ1n) is 6.12. The van der Waals surface area contributed by atoms with E-state index in [0.29, 0.717) is 18.2 Å². The Kier molecular flexibility index (Phi) is 2.83. The molecule has 2 aliphatic heterocycles. The summed E-state index contributed by atoms with van der Waals surface area (Å²) < 4.78 is 10.5. The summed E-state index contributed by atoms with van der Waals surface area (Å²) >= 11 is 0. The second kappa shape index (κ2) is 4.49. The van der Waals surface area contributed by atoms with Gasteiger partial charge in [-0.05, 0) is 18.2 Å². The molecule has 0 amide bonds. The van der Waals surface area contributed by atoms with Crippen LogP contribution in [0.25, 0.3) is 0 Å². The Labute approximate surface area is 106 Å². The fourth-order valence-corrected chi connectivity index (χ4v) is 2.52. The number of carbonyl (C=O) groups excluding carboxylic acids is 1. The van der Waals surface area contributed by atoms with Gasteiger partial charge in [0.25, 0.3) is 0 Å². The smallest absolute Gasteiger partial charge is 0.337 e. The quantitative estimate of drug-likeness (QED) is 0.739. The highest BCUT2D eigenvalue weighted by Gasteiger charge is 2.30. The largest absolute Gasteiger partial charge is 0.489 e. The Hall–Kier alpha value is -1.75. The maximum Gasteiger partial charge on any atom is 0.337 e. The van der Waals surface area contributed by atoms with Crippen LogP contribution in [0.2, 0.25) is 0 Å². The van der Waals surface area contributed by atoms with Gasteiger partial charge in [0.05, 0.1) is 24.4 Å². The van der Waals surface area contributed by atoms with Crippen molar-refractivity contribution in [2.45, 2.75) is 6.04 Å². The molecule has 0 saturated carbocycles. The van der Waals surface area contributed by atoms with E-state index in [2.05, 4.69) is 10.2 Å². The number of benzene rings is 1. The Morgan fingerprint density at radius 2 is 2.44 bits per heavy atom. The van der Waals surface area contributed by atoms with Crippen LogP contribution < -0.4 is 15.0 Å². The number of carbonyl (C=O) groups is 1. The van der Waals surface area contributed by atoms with Gasteiger partial charge in [-0.3, -0.25) is 0 Å². The van der Waals surface area contributed by atoms with Gasteiger partial charge in [0.1, 0.15) is 12.4 Å². The number of hydrogen-bond acceptors (Lipinski definition) is 5. The number of piperazine rings is 1. The Morgan fingerprint density at radius 3 is 3.28 bits per heavy atom. The van der Waals surface area contributed by atoms with Crippen molar-refractivity contribution >= 4 is 11.7 Å².